The zero-order chi connectivity index (χ0) is 14.8. The molecule has 3 aromatic rings. The van der Waals surface area contributed by atoms with Gasteiger partial charge in [0.15, 0.2) is 17.3 Å². The van der Waals surface area contributed by atoms with Crippen LogP contribution in [0.3, 0.4) is 0 Å². The number of aromatic nitrogens is 1. The van der Waals surface area contributed by atoms with E-state index in [2.05, 4.69) is 4.98 Å². The van der Waals surface area contributed by atoms with Crippen molar-refractivity contribution in [1.82, 2.24) is 4.98 Å². The molecule has 0 bridgehead atoms. The molecule has 4 heteroatoms. The van der Waals surface area contributed by atoms with E-state index in [9.17, 15) is 9.90 Å². The van der Waals surface area contributed by atoms with Crippen molar-refractivity contribution in [1.29, 1.82) is 0 Å². The van der Waals surface area contributed by atoms with Gasteiger partial charge in [0, 0.05) is 22.7 Å². The minimum atomic E-state index is -0.161. The average Bonchev–Trinajstić information content (AvgIpc) is 2.54. The lowest BCUT2D eigenvalue weighted by atomic mass is 10.0. The number of methoxy groups -OCH3 is 1. The van der Waals surface area contributed by atoms with Crippen molar-refractivity contribution < 1.29 is 14.6 Å². The molecule has 0 aliphatic rings. The summed E-state index contributed by atoms with van der Waals surface area (Å²) in [5.74, 6) is 0.117. The smallest absolute Gasteiger partial charge is 0.194 e. The fourth-order valence-electron chi connectivity index (χ4n) is 2.18. The number of carbonyl (C=O) groups excluding carboxylic acids is 1. The Hall–Kier alpha value is -2.88. The van der Waals surface area contributed by atoms with E-state index in [0.717, 1.165) is 10.9 Å². The van der Waals surface area contributed by atoms with Gasteiger partial charge in [0.2, 0.25) is 0 Å². The van der Waals surface area contributed by atoms with Gasteiger partial charge in [-0.2, -0.15) is 0 Å². The Morgan fingerprint density at radius 1 is 1.10 bits per heavy atom. The number of nitrogens with zero attached hydrogens (tertiary/aromatic N) is 1. The van der Waals surface area contributed by atoms with Crippen LogP contribution in [0, 0.1) is 0 Å². The van der Waals surface area contributed by atoms with E-state index < -0.39 is 0 Å². The van der Waals surface area contributed by atoms with Gasteiger partial charge < -0.3 is 9.84 Å². The molecule has 21 heavy (non-hydrogen) atoms. The first kappa shape index (κ1) is 13.1. The first-order valence-electron chi connectivity index (χ1n) is 6.45. The van der Waals surface area contributed by atoms with Crippen molar-refractivity contribution in [2.24, 2.45) is 0 Å². The summed E-state index contributed by atoms with van der Waals surface area (Å²) >= 11 is 0. The van der Waals surface area contributed by atoms with Gasteiger partial charge in [-0.25, -0.2) is 0 Å². The van der Waals surface area contributed by atoms with Crippen LogP contribution in [-0.4, -0.2) is 23.0 Å². The number of aromatic hydroxyl groups is 1. The highest BCUT2D eigenvalue weighted by Crippen LogP contribution is 2.27. The topological polar surface area (TPSA) is 59.4 Å². The van der Waals surface area contributed by atoms with Gasteiger partial charge in [-0.3, -0.25) is 9.78 Å². The number of hydrogen-bond donors (Lipinski definition) is 1. The van der Waals surface area contributed by atoms with Crippen LogP contribution >= 0.6 is 0 Å². The fraction of sp³-hybridized carbons (Fsp3) is 0.0588. The van der Waals surface area contributed by atoms with Crippen LogP contribution < -0.4 is 4.74 Å². The molecule has 0 spiro atoms. The molecule has 0 saturated carbocycles. The molecule has 0 aliphatic carbocycles. The lowest BCUT2D eigenvalue weighted by Crippen LogP contribution is -2.02. The zero-order valence-electron chi connectivity index (χ0n) is 11.4. The zero-order valence-corrected chi connectivity index (χ0v) is 11.4. The fourth-order valence-corrected chi connectivity index (χ4v) is 2.18. The standard InChI is InChI=1S/C17H13NO3/c1-21-16-9-12(6-7-15(16)19)17(20)13-8-11-4-2-3-5-14(11)18-10-13/h2-10,19H,1H3. The SMILES string of the molecule is COc1cc(C(=O)c2cnc3ccccc3c2)ccc1O. The van der Waals surface area contributed by atoms with Crippen molar-refractivity contribution in [2.75, 3.05) is 7.11 Å². The summed E-state index contributed by atoms with van der Waals surface area (Å²) in [6.45, 7) is 0. The van der Waals surface area contributed by atoms with Gasteiger partial charge in [0.05, 0.1) is 12.6 Å². The lowest BCUT2D eigenvalue weighted by Gasteiger charge is -2.06. The average molecular weight is 279 g/mol. The lowest BCUT2D eigenvalue weighted by molar-refractivity contribution is 0.103. The highest BCUT2D eigenvalue weighted by molar-refractivity contribution is 6.10. The van der Waals surface area contributed by atoms with E-state index in [4.69, 9.17) is 4.74 Å². The van der Waals surface area contributed by atoms with Gasteiger partial charge in [-0.15, -0.1) is 0 Å². The van der Waals surface area contributed by atoms with E-state index in [1.165, 1.54) is 19.2 Å². The molecule has 0 amide bonds. The highest BCUT2D eigenvalue weighted by Gasteiger charge is 2.13. The first-order valence-corrected chi connectivity index (χ1v) is 6.45. The Morgan fingerprint density at radius 2 is 1.90 bits per heavy atom. The van der Waals surface area contributed by atoms with Crippen molar-refractivity contribution in [3.63, 3.8) is 0 Å². The summed E-state index contributed by atoms with van der Waals surface area (Å²) in [6, 6.07) is 14.0. The van der Waals surface area contributed by atoms with Gasteiger partial charge in [-0.1, -0.05) is 18.2 Å². The van der Waals surface area contributed by atoms with Crippen LogP contribution in [0.25, 0.3) is 10.9 Å². The number of rotatable bonds is 3. The monoisotopic (exact) mass is 279 g/mol. The van der Waals surface area contributed by atoms with E-state index in [1.807, 2.05) is 30.3 Å². The number of phenols is 1. The predicted octanol–water partition coefficient (Wildman–Crippen LogP) is 3.18. The van der Waals surface area contributed by atoms with E-state index in [0.29, 0.717) is 11.1 Å². The van der Waals surface area contributed by atoms with Crippen molar-refractivity contribution in [3.05, 3.63) is 65.9 Å². The normalized spacial score (nSPS) is 10.5. The maximum absolute atomic E-state index is 12.5. The van der Waals surface area contributed by atoms with Crippen molar-refractivity contribution in [3.8, 4) is 11.5 Å². The molecule has 4 nitrogen and oxygen atoms in total. The third-order valence-electron chi connectivity index (χ3n) is 3.29. The van der Waals surface area contributed by atoms with E-state index in [1.54, 1.807) is 12.3 Å². The second-order valence-corrected chi connectivity index (χ2v) is 4.63. The molecular formula is C17H13NO3. The molecule has 0 atom stereocenters. The number of para-hydroxylation sites is 1. The minimum Gasteiger partial charge on any atom is -0.504 e. The number of ether oxygens (including phenoxy) is 1. The van der Waals surface area contributed by atoms with Crippen LogP contribution in [-0.2, 0) is 0 Å². The summed E-state index contributed by atoms with van der Waals surface area (Å²) < 4.78 is 5.02. The quantitative estimate of drug-likeness (QED) is 0.748. The molecule has 104 valence electrons. The maximum Gasteiger partial charge on any atom is 0.194 e. The Labute approximate surface area is 121 Å². The molecule has 1 heterocycles. The van der Waals surface area contributed by atoms with Gasteiger partial charge >= 0.3 is 0 Å². The Kier molecular flexibility index (Phi) is 3.28. The van der Waals surface area contributed by atoms with Crippen LogP contribution in [0.4, 0.5) is 0 Å². The number of phenolic OH excluding ortho intramolecular Hbond substituents is 1. The van der Waals surface area contributed by atoms with Crippen LogP contribution in [0.1, 0.15) is 15.9 Å². The van der Waals surface area contributed by atoms with Crippen LogP contribution in [0.5, 0.6) is 11.5 Å². The molecule has 2 aromatic carbocycles. The molecule has 0 fully saturated rings. The summed E-state index contributed by atoms with van der Waals surface area (Å²) in [7, 11) is 1.45. The number of benzene rings is 2. The highest BCUT2D eigenvalue weighted by atomic mass is 16.5. The van der Waals surface area contributed by atoms with E-state index in [-0.39, 0.29) is 17.3 Å². The summed E-state index contributed by atoms with van der Waals surface area (Å²) in [6.07, 6.45) is 1.56. The number of carbonyl (C=O) groups is 1. The molecule has 3 rings (SSSR count). The summed E-state index contributed by atoms with van der Waals surface area (Å²) in [5, 5.41) is 10.5. The third-order valence-corrected chi connectivity index (χ3v) is 3.29. The van der Waals surface area contributed by atoms with Gasteiger partial charge in [-0.05, 0) is 30.3 Å². The minimum absolute atomic E-state index is 0.00527. The molecule has 0 radical (unpaired) electrons. The molecular weight excluding hydrogens is 266 g/mol. The molecule has 0 unspecified atom stereocenters. The second-order valence-electron chi connectivity index (χ2n) is 4.63. The number of hydrogen-bond acceptors (Lipinski definition) is 4. The molecule has 1 N–H and O–H groups in total. The maximum atomic E-state index is 12.5. The Balaban J connectivity index is 2.03. The Morgan fingerprint density at radius 3 is 2.71 bits per heavy atom. The second kappa shape index (κ2) is 5.25. The van der Waals surface area contributed by atoms with E-state index >= 15 is 0 Å². The van der Waals surface area contributed by atoms with Crippen LogP contribution in [0.15, 0.2) is 54.7 Å². The number of pyridine rings is 1. The molecule has 0 saturated heterocycles. The van der Waals surface area contributed by atoms with Gasteiger partial charge in [0.1, 0.15) is 0 Å². The van der Waals surface area contributed by atoms with Crippen molar-refractivity contribution in [2.45, 2.75) is 0 Å². The first-order chi connectivity index (χ1) is 10.2. The van der Waals surface area contributed by atoms with Crippen molar-refractivity contribution >= 4 is 16.7 Å². The molecule has 0 aliphatic heterocycles. The largest absolute Gasteiger partial charge is 0.504 e. The summed E-state index contributed by atoms with van der Waals surface area (Å²) in [5.41, 5.74) is 1.79. The summed E-state index contributed by atoms with van der Waals surface area (Å²) in [4.78, 5) is 16.8. The molecule has 1 aromatic heterocycles. The third kappa shape index (κ3) is 2.43. The van der Waals surface area contributed by atoms with Crippen LogP contribution in [0.2, 0.25) is 0 Å². The number of fused-ring (bicyclic) bond motifs is 1. The van der Waals surface area contributed by atoms with Gasteiger partial charge in [0.25, 0.3) is 0 Å². The number of ketones is 1. The Bertz CT molecular complexity index is 827. The predicted molar refractivity (Wildman–Crippen MR) is 79.8 cm³/mol.